The summed E-state index contributed by atoms with van der Waals surface area (Å²) in [5.74, 6) is -0.239. The lowest BCUT2D eigenvalue weighted by Gasteiger charge is -2.12. The minimum atomic E-state index is -0.225. The Labute approximate surface area is 122 Å². The van der Waals surface area contributed by atoms with E-state index in [1.807, 2.05) is 31.1 Å². The Morgan fingerprint density at radius 1 is 1.15 bits per heavy atom. The van der Waals surface area contributed by atoms with E-state index in [2.05, 4.69) is 5.32 Å². The van der Waals surface area contributed by atoms with E-state index in [1.54, 1.807) is 18.2 Å². The van der Waals surface area contributed by atoms with Crippen molar-refractivity contribution in [2.24, 2.45) is 0 Å². The summed E-state index contributed by atoms with van der Waals surface area (Å²) < 4.78 is 0. The second-order valence-corrected chi connectivity index (χ2v) is 4.97. The molecule has 20 heavy (non-hydrogen) atoms. The lowest BCUT2D eigenvalue weighted by atomic mass is 10.2. The average Bonchev–Trinajstić information content (AvgIpc) is 2.43. The standard InChI is InChI=1S/C15H15ClN2O2/c1-18(2)12-6-3-10(4-7-12)15(20)17-11-5-8-14(19)13(16)9-11/h3-9,19H,1-2H3,(H,17,20). The van der Waals surface area contributed by atoms with E-state index < -0.39 is 0 Å². The summed E-state index contributed by atoms with van der Waals surface area (Å²) in [5.41, 5.74) is 2.11. The van der Waals surface area contributed by atoms with Gasteiger partial charge in [0.25, 0.3) is 5.91 Å². The number of halogens is 1. The Morgan fingerprint density at radius 3 is 2.35 bits per heavy atom. The summed E-state index contributed by atoms with van der Waals surface area (Å²) >= 11 is 5.79. The molecule has 0 heterocycles. The van der Waals surface area contributed by atoms with Gasteiger partial charge in [0.15, 0.2) is 0 Å². The number of phenolic OH excluding ortho intramolecular Hbond substituents is 1. The number of nitrogens with one attached hydrogen (secondary N) is 1. The molecule has 4 nitrogen and oxygen atoms in total. The van der Waals surface area contributed by atoms with Crippen LogP contribution in [0.5, 0.6) is 5.75 Å². The van der Waals surface area contributed by atoms with Crippen molar-refractivity contribution in [2.45, 2.75) is 0 Å². The van der Waals surface area contributed by atoms with E-state index in [4.69, 9.17) is 11.6 Å². The van der Waals surface area contributed by atoms with Crippen LogP contribution in [0.4, 0.5) is 11.4 Å². The third-order valence-electron chi connectivity index (χ3n) is 2.85. The maximum Gasteiger partial charge on any atom is 0.255 e. The largest absolute Gasteiger partial charge is 0.506 e. The van der Waals surface area contributed by atoms with Crippen LogP contribution >= 0.6 is 11.6 Å². The molecule has 0 aliphatic carbocycles. The highest BCUT2D eigenvalue weighted by Crippen LogP contribution is 2.26. The number of amides is 1. The maximum atomic E-state index is 12.1. The number of carbonyl (C=O) groups is 1. The molecule has 5 heteroatoms. The molecule has 0 saturated carbocycles. The number of benzene rings is 2. The van der Waals surface area contributed by atoms with E-state index in [9.17, 15) is 9.90 Å². The molecule has 104 valence electrons. The van der Waals surface area contributed by atoms with E-state index in [0.29, 0.717) is 11.3 Å². The van der Waals surface area contributed by atoms with Gasteiger partial charge in [-0.15, -0.1) is 0 Å². The molecule has 0 aliphatic rings. The van der Waals surface area contributed by atoms with Crippen LogP contribution in [-0.2, 0) is 0 Å². The van der Waals surface area contributed by atoms with Crippen LogP contribution in [0, 0.1) is 0 Å². The Morgan fingerprint density at radius 2 is 1.80 bits per heavy atom. The van der Waals surface area contributed by atoms with Crippen LogP contribution in [0.15, 0.2) is 42.5 Å². The lowest BCUT2D eigenvalue weighted by Crippen LogP contribution is -2.13. The fourth-order valence-corrected chi connectivity index (χ4v) is 1.88. The molecule has 0 radical (unpaired) electrons. The fraction of sp³-hybridized carbons (Fsp3) is 0.133. The van der Waals surface area contributed by atoms with Crippen LogP contribution < -0.4 is 10.2 Å². The number of rotatable bonds is 3. The second-order valence-electron chi connectivity index (χ2n) is 4.56. The molecule has 0 unspecified atom stereocenters. The minimum absolute atomic E-state index is 0.0139. The van der Waals surface area contributed by atoms with Gasteiger partial charge >= 0.3 is 0 Å². The Kier molecular flexibility index (Phi) is 4.15. The summed E-state index contributed by atoms with van der Waals surface area (Å²) in [4.78, 5) is 14.0. The Balaban J connectivity index is 2.13. The van der Waals surface area contributed by atoms with Crippen molar-refractivity contribution >= 4 is 28.9 Å². The van der Waals surface area contributed by atoms with Gasteiger partial charge in [-0.25, -0.2) is 0 Å². The predicted octanol–water partition coefficient (Wildman–Crippen LogP) is 3.36. The van der Waals surface area contributed by atoms with Gasteiger partial charge in [0.1, 0.15) is 5.75 Å². The molecule has 0 aliphatic heterocycles. The zero-order valence-electron chi connectivity index (χ0n) is 11.2. The molecular formula is C15H15ClN2O2. The van der Waals surface area contributed by atoms with Gasteiger partial charge in [-0.2, -0.15) is 0 Å². The second kappa shape index (κ2) is 5.84. The van der Waals surface area contributed by atoms with Gasteiger partial charge in [-0.1, -0.05) is 11.6 Å². The molecular weight excluding hydrogens is 276 g/mol. The number of hydrogen-bond acceptors (Lipinski definition) is 3. The zero-order valence-corrected chi connectivity index (χ0v) is 12.0. The van der Waals surface area contributed by atoms with Gasteiger partial charge in [0, 0.05) is 31.0 Å². The van der Waals surface area contributed by atoms with Gasteiger partial charge < -0.3 is 15.3 Å². The summed E-state index contributed by atoms with van der Waals surface area (Å²) in [5, 5.41) is 12.3. The molecule has 0 atom stereocenters. The zero-order chi connectivity index (χ0) is 14.7. The molecule has 0 spiro atoms. The quantitative estimate of drug-likeness (QED) is 0.852. The molecule has 2 aromatic rings. The van der Waals surface area contributed by atoms with Crippen LogP contribution in [-0.4, -0.2) is 25.1 Å². The minimum Gasteiger partial charge on any atom is -0.506 e. The van der Waals surface area contributed by atoms with Crippen molar-refractivity contribution < 1.29 is 9.90 Å². The number of anilines is 2. The molecule has 2 rings (SSSR count). The van der Waals surface area contributed by atoms with Crippen molar-refractivity contribution in [3.63, 3.8) is 0 Å². The molecule has 2 aromatic carbocycles. The van der Waals surface area contributed by atoms with Crippen LogP contribution in [0.1, 0.15) is 10.4 Å². The highest BCUT2D eigenvalue weighted by Gasteiger charge is 2.08. The van der Waals surface area contributed by atoms with Crippen molar-refractivity contribution in [3.05, 3.63) is 53.1 Å². The van der Waals surface area contributed by atoms with Crippen molar-refractivity contribution in [3.8, 4) is 5.75 Å². The van der Waals surface area contributed by atoms with Gasteiger partial charge in [-0.3, -0.25) is 4.79 Å². The highest BCUT2D eigenvalue weighted by molar-refractivity contribution is 6.32. The first-order chi connectivity index (χ1) is 9.47. The molecule has 0 fully saturated rings. The van der Waals surface area contributed by atoms with Crippen molar-refractivity contribution in [2.75, 3.05) is 24.3 Å². The monoisotopic (exact) mass is 290 g/mol. The van der Waals surface area contributed by atoms with E-state index in [-0.39, 0.29) is 16.7 Å². The fourth-order valence-electron chi connectivity index (χ4n) is 1.70. The number of phenols is 1. The highest BCUT2D eigenvalue weighted by atomic mass is 35.5. The van der Waals surface area contributed by atoms with E-state index in [0.717, 1.165) is 5.69 Å². The van der Waals surface area contributed by atoms with Crippen LogP contribution in [0.2, 0.25) is 5.02 Å². The average molecular weight is 291 g/mol. The van der Waals surface area contributed by atoms with Crippen LogP contribution in [0.25, 0.3) is 0 Å². The number of hydrogen-bond donors (Lipinski definition) is 2. The number of aromatic hydroxyl groups is 1. The third-order valence-corrected chi connectivity index (χ3v) is 3.15. The summed E-state index contributed by atoms with van der Waals surface area (Å²) in [6.07, 6.45) is 0. The smallest absolute Gasteiger partial charge is 0.255 e. The summed E-state index contributed by atoms with van der Waals surface area (Å²) in [6.45, 7) is 0. The lowest BCUT2D eigenvalue weighted by molar-refractivity contribution is 0.102. The van der Waals surface area contributed by atoms with E-state index in [1.165, 1.54) is 12.1 Å². The van der Waals surface area contributed by atoms with Gasteiger partial charge in [0.05, 0.1) is 5.02 Å². The topological polar surface area (TPSA) is 52.6 Å². The third kappa shape index (κ3) is 3.22. The summed E-state index contributed by atoms with van der Waals surface area (Å²) in [7, 11) is 3.88. The normalized spacial score (nSPS) is 10.2. The maximum absolute atomic E-state index is 12.1. The SMILES string of the molecule is CN(C)c1ccc(C(=O)Nc2ccc(O)c(Cl)c2)cc1. The Bertz CT molecular complexity index is 624. The molecule has 0 saturated heterocycles. The molecule has 0 bridgehead atoms. The first-order valence-corrected chi connectivity index (χ1v) is 6.42. The first-order valence-electron chi connectivity index (χ1n) is 6.04. The first kappa shape index (κ1) is 14.2. The number of carbonyl (C=O) groups excluding carboxylic acids is 1. The van der Waals surface area contributed by atoms with Crippen molar-refractivity contribution in [1.29, 1.82) is 0 Å². The molecule has 2 N–H and O–H groups in total. The van der Waals surface area contributed by atoms with Gasteiger partial charge in [0.2, 0.25) is 0 Å². The predicted molar refractivity (Wildman–Crippen MR) is 81.8 cm³/mol. The Hall–Kier alpha value is -2.20. The number of nitrogens with zero attached hydrogens (tertiary/aromatic N) is 1. The van der Waals surface area contributed by atoms with Crippen LogP contribution in [0.3, 0.4) is 0 Å². The molecule has 1 amide bonds. The van der Waals surface area contributed by atoms with Crippen molar-refractivity contribution in [1.82, 2.24) is 0 Å². The van der Waals surface area contributed by atoms with E-state index >= 15 is 0 Å². The molecule has 0 aromatic heterocycles. The van der Waals surface area contributed by atoms with Gasteiger partial charge in [-0.05, 0) is 42.5 Å². The summed E-state index contributed by atoms with van der Waals surface area (Å²) in [6, 6.07) is 11.8.